The van der Waals surface area contributed by atoms with E-state index in [-0.39, 0.29) is 19.2 Å². The molecule has 0 unspecified atom stereocenters. The molecular formula is C40H42N6O8S2. The Hall–Kier alpha value is -5.39. The lowest BCUT2D eigenvalue weighted by Crippen LogP contribution is -2.36. The number of hydrogen-bond acceptors (Lipinski definition) is 16. The van der Waals surface area contributed by atoms with E-state index >= 15 is 0 Å². The highest BCUT2D eigenvalue weighted by molar-refractivity contribution is 7.18. The van der Waals surface area contributed by atoms with E-state index < -0.39 is 11.9 Å². The fraction of sp³-hybridized carbons (Fsp3) is 0.325. The topological polar surface area (TPSA) is 166 Å². The summed E-state index contributed by atoms with van der Waals surface area (Å²) in [5, 5.41) is 13.4. The maximum absolute atomic E-state index is 11.0. The van der Waals surface area contributed by atoms with Gasteiger partial charge in [-0.25, -0.2) is 19.9 Å². The monoisotopic (exact) mass is 798 g/mol. The van der Waals surface area contributed by atoms with Crippen LogP contribution in [0.2, 0.25) is 0 Å². The third-order valence-corrected chi connectivity index (χ3v) is 10.3. The van der Waals surface area contributed by atoms with Gasteiger partial charge in [-0.2, -0.15) is 0 Å². The SMILES string of the molecule is CC(=O)OC(C)=O.CC(=O)OCc1cccc(-c2nc(N3CCOCC3)c3sccc3n2)c1.OCc1cccc(-c2nc(N3CCOCC3)c3sccc3n2)c1. The van der Waals surface area contributed by atoms with E-state index in [1.165, 1.54) is 20.8 Å². The number of anilines is 2. The number of esters is 3. The Bertz CT molecular complexity index is 2270. The van der Waals surface area contributed by atoms with Crippen molar-refractivity contribution in [2.75, 3.05) is 62.4 Å². The van der Waals surface area contributed by atoms with Gasteiger partial charge in [0.05, 0.1) is 53.5 Å². The van der Waals surface area contributed by atoms with Gasteiger partial charge in [-0.1, -0.05) is 36.4 Å². The number of benzene rings is 2. The molecule has 0 spiro atoms. The second-order valence-electron chi connectivity index (χ2n) is 12.6. The summed E-state index contributed by atoms with van der Waals surface area (Å²) in [6.07, 6.45) is 0. The second kappa shape index (κ2) is 19.5. The van der Waals surface area contributed by atoms with E-state index in [4.69, 9.17) is 34.1 Å². The Morgan fingerprint density at radius 3 is 1.55 bits per heavy atom. The molecule has 6 aromatic rings. The summed E-state index contributed by atoms with van der Waals surface area (Å²) < 4.78 is 22.2. The Morgan fingerprint density at radius 1 is 0.661 bits per heavy atom. The van der Waals surface area contributed by atoms with Crippen molar-refractivity contribution in [1.82, 2.24) is 19.9 Å². The van der Waals surface area contributed by atoms with Gasteiger partial charge in [0.25, 0.3) is 0 Å². The number of carbonyl (C=O) groups excluding carboxylic acids is 3. The predicted octanol–water partition coefficient (Wildman–Crippen LogP) is 6.04. The fourth-order valence-electron chi connectivity index (χ4n) is 5.93. The lowest BCUT2D eigenvalue weighted by Gasteiger charge is -2.28. The molecule has 2 saturated heterocycles. The number of fused-ring (bicyclic) bond motifs is 2. The van der Waals surface area contributed by atoms with Crippen LogP contribution in [0.5, 0.6) is 0 Å². The van der Waals surface area contributed by atoms with Crippen LogP contribution < -0.4 is 9.80 Å². The van der Waals surface area contributed by atoms with Crippen molar-refractivity contribution < 1.29 is 38.4 Å². The van der Waals surface area contributed by atoms with E-state index in [2.05, 4.69) is 19.9 Å². The van der Waals surface area contributed by atoms with Crippen molar-refractivity contribution in [3.05, 3.63) is 82.6 Å². The predicted molar refractivity (Wildman–Crippen MR) is 216 cm³/mol. The molecule has 0 amide bonds. The molecule has 6 heterocycles. The Morgan fingerprint density at radius 2 is 1.12 bits per heavy atom. The summed E-state index contributed by atoms with van der Waals surface area (Å²) in [6.45, 7) is 10.3. The van der Waals surface area contributed by atoms with Crippen LogP contribution in [0.4, 0.5) is 11.6 Å². The third-order valence-electron chi connectivity index (χ3n) is 8.48. The standard InChI is InChI=1S/C19H19N3O3S.C17H17N3O2S.C4H6O3/c1-13(23)25-12-14-3-2-4-15(11-14)18-20-16-5-10-26-17(16)19(21-18)22-6-8-24-9-7-22;21-11-12-2-1-3-13(10-12)16-18-14-4-9-23-15(14)17(19-16)20-5-7-22-8-6-20;1-3(5)7-4(2)6/h2-5,10-11H,6-9,12H2,1H3;1-4,9-10,21H,5-8,11H2;1-2H3. The van der Waals surface area contributed by atoms with E-state index in [9.17, 15) is 19.5 Å². The maximum Gasteiger partial charge on any atom is 0.310 e. The minimum absolute atomic E-state index is 0.0187. The first-order valence-corrected chi connectivity index (χ1v) is 19.7. The van der Waals surface area contributed by atoms with Crippen molar-refractivity contribution in [3.8, 4) is 22.8 Å². The van der Waals surface area contributed by atoms with Crippen molar-refractivity contribution in [1.29, 1.82) is 0 Å². The van der Waals surface area contributed by atoms with Crippen LogP contribution in [0.15, 0.2) is 71.4 Å². The normalized spacial score (nSPS) is 14.0. The van der Waals surface area contributed by atoms with Crippen LogP contribution in [0, 0.1) is 0 Å². The first kappa shape index (κ1) is 40.3. The molecule has 0 radical (unpaired) electrons. The molecule has 14 nitrogen and oxygen atoms in total. The van der Waals surface area contributed by atoms with E-state index in [1.807, 2.05) is 66.0 Å². The van der Waals surface area contributed by atoms with Crippen molar-refractivity contribution in [2.24, 2.45) is 0 Å². The molecule has 1 N–H and O–H groups in total. The number of rotatable bonds is 7. The van der Waals surface area contributed by atoms with Gasteiger partial charge < -0.3 is 33.9 Å². The highest BCUT2D eigenvalue weighted by Gasteiger charge is 2.20. The molecule has 0 atom stereocenters. The molecule has 4 aromatic heterocycles. The molecule has 2 fully saturated rings. The van der Waals surface area contributed by atoms with E-state index in [0.717, 1.165) is 93.7 Å². The average molecular weight is 799 g/mol. The highest BCUT2D eigenvalue weighted by atomic mass is 32.1. The van der Waals surface area contributed by atoms with Crippen LogP contribution in [0.1, 0.15) is 31.9 Å². The molecule has 292 valence electrons. The summed E-state index contributed by atoms with van der Waals surface area (Å²) in [5.41, 5.74) is 5.54. The number of ether oxygens (including phenoxy) is 4. The zero-order valence-corrected chi connectivity index (χ0v) is 32.9. The van der Waals surface area contributed by atoms with Crippen LogP contribution in [-0.2, 0) is 46.5 Å². The largest absolute Gasteiger partial charge is 0.461 e. The summed E-state index contributed by atoms with van der Waals surface area (Å²) in [4.78, 5) is 54.3. The van der Waals surface area contributed by atoms with Crippen LogP contribution in [-0.4, -0.2) is 95.6 Å². The van der Waals surface area contributed by atoms with Gasteiger partial charge in [-0.15, -0.1) is 22.7 Å². The first-order chi connectivity index (χ1) is 27.2. The summed E-state index contributed by atoms with van der Waals surface area (Å²) >= 11 is 3.33. The van der Waals surface area contributed by atoms with Gasteiger partial charge in [-0.3, -0.25) is 14.4 Å². The van der Waals surface area contributed by atoms with Crippen LogP contribution >= 0.6 is 22.7 Å². The Kier molecular flexibility index (Phi) is 14.0. The van der Waals surface area contributed by atoms with E-state index in [0.29, 0.717) is 24.9 Å². The van der Waals surface area contributed by atoms with Gasteiger partial charge in [0, 0.05) is 58.1 Å². The quantitative estimate of drug-likeness (QED) is 0.147. The molecule has 0 bridgehead atoms. The van der Waals surface area contributed by atoms with Gasteiger partial charge in [-0.05, 0) is 46.2 Å². The molecule has 56 heavy (non-hydrogen) atoms. The fourth-order valence-corrected chi connectivity index (χ4v) is 7.62. The number of hydrogen-bond donors (Lipinski definition) is 1. The van der Waals surface area contributed by atoms with Crippen LogP contribution in [0.25, 0.3) is 43.2 Å². The maximum atomic E-state index is 11.0. The molecule has 2 aromatic carbocycles. The van der Waals surface area contributed by atoms with E-state index in [1.54, 1.807) is 22.7 Å². The lowest BCUT2D eigenvalue weighted by molar-refractivity contribution is -0.156. The summed E-state index contributed by atoms with van der Waals surface area (Å²) in [6, 6.07) is 19.6. The number of carbonyl (C=O) groups is 3. The zero-order chi connectivity index (χ0) is 39.4. The third kappa shape index (κ3) is 10.7. The number of nitrogens with zero attached hydrogens (tertiary/aromatic N) is 6. The highest BCUT2D eigenvalue weighted by Crippen LogP contribution is 2.33. The Balaban J connectivity index is 0.000000164. The Labute approximate surface area is 331 Å². The first-order valence-electron chi connectivity index (χ1n) is 18.0. The molecule has 16 heteroatoms. The lowest BCUT2D eigenvalue weighted by atomic mass is 10.1. The van der Waals surface area contributed by atoms with Gasteiger partial charge >= 0.3 is 17.9 Å². The molecule has 2 aliphatic rings. The molecule has 0 aliphatic carbocycles. The molecule has 0 saturated carbocycles. The van der Waals surface area contributed by atoms with Crippen molar-refractivity contribution >= 4 is 72.7 Å². The van der Waals surface area contributed by atoms with Gasteiger partial charge in [0.15, 0.2) is 23.3 Å². The number of aromatic nitrogens is 4. The minimum atomic E-state index is -0.562. The molecule has 2 aliphatic heterocycles. The smallest absolute Gasteiger partial charge is 0.310 e. The summed E-state index contributed by atoms with van der Waals surface area (Å²) in [7, 11) is 0. The molecular weight excluding hydrogens is 757 g/mol. The second-order valence-corrected chi connectivity index (χ2v) is 14.5. The zero-order valence-electron chi connectivity index (χ0n) is 31.3. The van der Waals surface area contributed by atoms with Crippen molar-refractivity contribution in [2.45, 2.75) is 34.0 Å². The number of aliphatic hydroxyl groups excluding tert-OH is 1. The average Bonchev–Trinajstić information content (AvgIpc) is 3.90. The number of thiophene rings is 2. The summed E-state index contributed by atoms with van der Waals surface area (Å²) in [5.74, 6) is 1.92. The van der Waals surface area contributed by atoms with Crippen molar-refractivity contribution in [3.63, 3.8) is 0 Å². The van der Waals surface area contributed by atoms with Crippen LogP contribution in [0.3, 0.4) is 0 Å². The van der Waals surface area contributed by atoms with Gasteiger partial charge in [0.2, 0.25) is 0 Å². The molecule has 8 rings (SSSR count). The number of aliphatic hydroxyl groups is 1. The van der Waals surface area contributed by atoms with Gasteiger partial charge in [0.1, 0.15) is 6.61 Å². The number of morpholine rings is 2. The minimum Gasteiger partial charge on any atom is -0.461 e.